The molecule has 1 saturated heterocycles. The molecule has 0 radical (unpaired) electrons. The number of rotatable bonds is 5. The Balaban J connectivity index is 1.68. The Morgan fingerprint density at radius 3 is 2.69 bits per heavy atom. The molecule has 160 valence electrons. The number of imide groups is 2. The van der Waals surface area contributed by atoms with Crippen LogP contribution in [0.25, 0.3) is 17.4 Å². The summed E-state index contributed by atoms with van der Waals surface area (Å²) in [5.41, 5.74) is 0.174. The Labute approximate surface area is 180 Å². The van der Waals surface area contributed by atoms with Gasteiger partial charge in [0.05, 0.1) is 35.5 Å². The van der Waals surface area contributed by atoms with Crippen LogP contribution >= 0.6 is 0 Å². The van der Waals surface area contributed by atoms with Gasteiger partial charge in [-0.1, -0.05) is 0 Å². The number of nitro benzene ring substituents is 1. The Hall–Kier alpha value is -4.80. The van der Waals surface area contributed by atoms with E-state index in [1.807, 2.05) is 0 Å². The number of carbonyl (C=O) groups is 3. The molecule has 1 aliphatic rings. The summed E-state index contributed by atoms with van der Waals surface area (Å²) < 4.78 is 10.9. The number of benzene rings is 1. The molecular weight excluding hydrogens is 420 g/mol. The molecule has 11 nitrogen and oxygen atoms in total. The number of hydrogen-bond donors (Lipinski definition) is 1. The quantitative estimate of drug-likeness (QED) is 0.279. The number of nitrogens with zero attached hydrogens (tertiary/aromatic N) is 3. The molecule has 2 aromatic heterocycles. The van der Waals surface area contributed by atoms with Crippen LogP contribution in [0.3, 0.4) is 0 Å². The van der Waals surface area contributed by atoms with Crippen molar-refractivity contribution in [1.29, 1.82) is 0 Å². The fraction of sp³-hybridized carbons (Fsp3) is 0.0476. The third-order valence-corrected chi connectivity index (χ3v) is 4.58. The van der Waals surface area contributed by atoms with Crippen LogP contribution < -0.4 is 15.0 Å². The van der Waals surface area contributed by atoms with Crippen LogP contribution in [0.4, 0.5) is 16.2 Å². The minimum atomic E-state index is -0.888. The van der Waals surface area contributed by atoms with Crippen molar-refractivity contribution in [3.63, 3.8) is 0 Å². The average molecular weight is 434 g/mol. The number of nitro groups is 1. The van der Waals surface area contributed by atoms with Gasteiger partial charge in [0.1, 0.15) is 22.8 Å². The molecule has 11 heteroatoms. The molecule has 1 N–H and O–H groups in total. The first-order valence-electron chi connectivity index (χ1n) is 9.13. The second kappa shape index (κ2) is 8.14. The molecule has 0 atom stereocenters. The van der Waals surface area contributed by atoms with E-state index in [0.29, 0.717) is 11.3 Å². The first-order valence-corrected chi connectivity index (χ1v) is 9.13. The number of pyridine rings is 1. The van der Waals surface area contributed by atoms with Crippen LogP contribution in [-0.2, 0) is 9.59 Å². The van der Waals surface area contributed by atoms with Crippen molar-refractivity contribution in [3.8, 4) is 17.1 Å². The number of non-ortho nitro benzene ring substituents is 1. The monoisotopic (exact) mass is 434 g/mol. The number of furan rings is 1. The van der Waals surface area contributed by atoms with Crippen molar-refractivity contribution in [1.82, 2.24) is 10.3 Å². The van der Waals surface area contributed by atoms with Crippen LogP contribution in [0.15, 0.2) is 64.8 Å². The van der Waals surface area contributed by atoms with Gasteiger partial charge in [0.15, 0.2) is 0 Å². The predicted octanol–water partition coefficient (Wildman–Crippen LogP) is 2.92. The van der Waals surface area contributed by atoms with Crippen molar-refractivity contribution < 1.29 is 28.5 Å². The topological polar surface area (TPSA) is 145 Å². The summed E-state index contributed by atoms with van der Waals surface area (Å²) in [4.78, 5) is 52.4. The molecule has 0 saturated carbocycles. The summed E-state index contributed by atoms with van der Waals surface area (Å²) in [5.74, 6) is -1.04. The molecule has 3 heterocycles. The van der Waals surface area contributed by atoms with E-state index < -0.39 is 22.8 Å². The third-order valence-electron chi connectivity index (χ3n) is 4.58. The van der Waals surface area contributed by atoms with Gasteiger partial charge >= 0.3 is 6.03 Å². The summed E-state index contributed by atoms with van der Waals surface area (Å²) >= 11 is 0. The van der Waals surface area contributed by atoms with E-state index in [0.717, 1.165) is 4.90 Å². The first kappa shape index (κ1) is 20.5. The SMILES string of the molecule is COc1cc([N+](=O)[O-])ccc1-c1ccc(/C=C2\C(=O)NC(=O)N(c3cccnc3)C2=O)o1. The van der Waals surface area contributed by atoms with Crippen molar-refractivity contribution in [2.45, 2.75) is 0 Å². The number of aromatic nitrogens is 1. The molecule has 3 aromatic rings. The lowest BCUT2D eigenvalue weighted by atomic mass is 10.1. The molecular formula is C21H14N4O7. The molecule has 0 aliphatic carbocycles. The third kappa shape index (κ3) is 3.69. The molecule has 4 amide bonds. The van der Waals surface area contributed by atoms with Crippen molar-refractivity contribution in [2.75, 3.05) is 12.0 Å². The number of anilines is 1. The molecule has 1 fully saturated rings. The van der Waals surface area contributed by atoms with Gasteiger partial charge < -0.3 is 9.15 Å². The van der Waals surface area contributed by atoms with Gasteiger partial charge in [-0.15, -0.1) is 0 Å². The van der Waals surface area contributed by atoms with Crippen LogP contribution in [0.1, 0.15) is 5.76 Å². The lowest BCUT2D eigenvalue weighted by Crippen LogP contribution is -2.54. The van der Waals surface area contributed by atoms with Crippen LogP contribution in [0.2, 0.25) is 0 Å². The van der Waals surface area contributed by atoms with E-state index in [9.17, 15) is 24.5 Å². The van der Waals surface area contributed by atoms with E-state index in [2.05, 4.69) is 10.3 Å². The first-order chi connectivity index (χ1) is 15.4. The number of barbiturate groups is 1. The molecule has 0 spiro atoms. The van der Waals surface area contributed by atoms with Gasteiger partial charge in [-0.25, -0.2) is 9.69 Å². The fourth-order valence-electron chi connectivity index (χ4n) is 3.09. The summed E-state index contributed by atoms with van der Waals surface area (Å²) in [6, 6.07) is 9.25. The summed E-state index contributed by atoms with van der Waals surface area (Å²) in [5, 5.41) is 13.1. The maximum absolute atomic E-state index is 12.9. The van der Waals surface area contributed by atoms with Gasteiger partial charge in [-0.05, 0) is 36.4 Å². The second-order valence-corrected chi connectivity index (χ2v) is 6.51. The minimum absolute atomic E-state index is 0.149. The number of methoxy groups -OCH3 is 1. The highest BCUT2D eigenvalue weighted by Crippen LogP contribution is 2.34. The minimum Gasteiger partial charge on any atom is -0.496 e. The Morgan fingerprint density at radius 1 is 1.19 bits per heavy atom. The maximum atomic E-state index is 12.9. The molecule has 1 aromatic carbocycles. The van der Waals surface area contributed by atoms with Crippen LogP contribution in [0.5, 0.6) is 5.75 Å². The van der Waals surface area contributed by atoms with Gasteiger partial charge in [0.25, 0.3) is 17.5 Å². The zero-order valence-corrected chi connectivity index (χ0v) is 16.5. The summed E-state index contributed by atoms with van der Waals surface area (Å²) in [7, 11) is 1.36. The zero-order valence-electron chi connectivity index (χ0n) is 16.5. The second-order valence-electron chi connectivity index (χ2n) is 6.51. The van der Waals surface area contributed by atoms with E-state index in [1.165, 1.54) is 55.9 Å². The van der Waals surface area contributed by atoms with Gasteiger partial charge in [-0.3, -0.25) is 30.0 Å². The largest absolute Gasteiger partial charge is 0.496 e. The zero-order chi connectivity index (χ0) is 22.8. The van der Waals surface area contributed by atoms with Gasteiger partial charge in [-0.2, -0.15) is 0 Å². The summed E-state index contributed by atoms with van der Waals surface area (Å²) in [6.45, 7) is 0. The average Bonchev–Trinajstić information content (AvgIpc) is 3.25. The number of amides is 4. The lowest BCUT2D eigenvalue weighted by Gasteiger charge is -2.25. The highest BCUT2D eigenvalue weighted by atomic mass is 16.6. The van der Waals surface area contributed by atoms with E-state index >= 15 is 0 Å². The Morgan fingerprint density at radius 2 is 2.00 bits per heavy atom. The maximum Gasteiger partial charge on any atom is 0.336 e. The predicted molar refractivity (Wildman–Crippen MR) is 111 cm³/mol. The van der Waals surface area contributed by atoms with E-state index in [-0.39, 0.29) is 28.5 Å². The fourth-order valence-corrected chi connectivity index (χ4v) is 3.09. The van der Waals surface area contributed by atoms with Crippen molar-refractivity contribution in [2.24, 2.45) is 0 Å². The van der Waals surface area contributed by atoms with Crippen molar-refractivity contribution >= 4 is 35.3 Å². The number of urea groups is 1. The van der Waals surface area contributed by atoms with Crippen molar-refractivity contribution in [3.05, 3.63) is 76.3 Å². The number of hydrogen-bond acceptors (Lipinski definition) is 8. The molecule has 4 rings (SSSR count). The Kier molecular flexibility index (Phi) is 5.21. The highest BCUT2D eigenvalue weighted by molar-refractivity contribution is 6.39. The van der Waals surface area contributed by atoms with Crippen LogP contribution in [0, 0.1) is 10.1 Å². The van der Waals surface area contributed by atoms with Gasteiger partial charge in [0.2, 0.25) is 0 Å². The lowest BCUT2D eigenvalue weighted by molar-refractivity contribution is -0.384. The van der Waals surface area contributed by atoms with E-state index in [1.54, 1.807) is 12.1 Å². The standard InChI is InChI=1S/C21H14N4O7/c1-31-18-9-12(25(29)30)4-6-15(18)17-7-5-14(32-17)10-16-19(26)23-21(28)24(20(16)27)13-3-2-8-22-11-13/h2-11H,1H3,(H,23,26,28)/b16-10+. The molecule has 0 bridgehead atoms. The van der Waals surface area contributed by atoms with Gasteiger partial charge in [0, 0.05) is 12.3 Å². The van der Waals surface area contributed by atoms with Crippen LogP contribution in [-0.4, -0.2) is 34.9 Å². The number of nitrogens with one attached hydrogen (secondary N) is 1. The Bertz CT molecular complexity index is 1280. The molecule has 32 heavy (non-hydrogen) atoms. The smallest absolute Gasteiger partial charge is 0.336 e. The molecule has 1 aliphatic heterocycles. The number of ether oxygens (including phenoxy) is 1. The number of carbonyl (C=O) groups excluding carboxylic acids is 3. The molecule has 0 unspecified atom stereocenters. The normalized spacial score (nSPS) is 15.1. The summed E-state index contributed by atoms with van der Waals surface area (Å²) in [6.07, 6.45) is 4.00. The highest BCUT2D eigenvalue weighted by Gasteiger charge is 2.37. The van der Waals surface area contributed by atoms with E-state index in [4.69, 9.17) is 9.15 Å².